The third kappa shape index (κ3) is 5.96. The van der Waals surface area contributed by atoms with Gasteiger partial charge in [0.15, 0.2) is 5.96 Å². The average molecular weight is 346 g/mol. The van der Waals surface area contributed by atoms with Crippen LogP contribution in [0.1, 0.15) is 31.7 Å². The molecule has 1 fully saturated rings. The van der Waals surface area contributed by atoms with Crippen molar-refractivity contribution in [2.75, 3.05) is 33.8 Å². The summed E-state index contributed by atoms with van der Waals surface area (Å²) in [6.07, 6.45) is 3.58. The van der Waals surface area contributed by atoms with Crippen LogP contribution >= 0.6 is 0 Å². The lowest BCUT2D eigenvalue weighted by atomic mass is 10.1. The summed E-state index contributed by atoms with van der Waals surface area (Å²) >= 11 is 0. The van der Waals surface area contributed by atoms with E-state index in [1.165, 1.54) is 5.56 Å². The largest absolute Gasteiger partial charge is 0.497 e. The van der Waals surface area contributed by atoms with Gasteiger partial charge in [0.1, 0.15) is 5.75 Å². The predicted octanol–water partition coefficient (Wildman–Crippen LogP) is 1.80. The number of guanidine groups is 1. The molecule has 1 aliphatic heterocycles. The van der Waals surface area contributed by atoms with Crippen LogP contribution in [-0.2, 0) is 11.2 Å². The fourth-order valence-corrected chi connectivity index (χ4v) is 3.01. The van der Waals surface area contributed by atoms with Gasteiger partial charge < -0.3 is 20.3 Å². The number of methoxy groups -OCH3 is 1. The van der Waals surface area contributed by atoms with Crippen molar-refractivity contribution in [2.24, 2.45) is 4.99 Å². The van der Waals surface area contributed by atoms with Gasteiger partial charge in [-0.2, -0.15) is 0 Å². The van der Waals surface area contributed by atoms with Gasteiger partial charge in [-0.15, -0.1) is 0 Å². The zero-order chi connectivity index (χ0) is 18.1. The highest BCUT2D eigenvalue weighted by atomic mass is 16.5. The van der Waals surface area contributed by atoms with E-state index in [0.717, 1.165) is 50.6 Å². The minimum Gasteiger partial charge on any atom is -0.497 e. The third-order valence-corrected chi connectivity index (χ3v) is 4.50. The maximum Gasteiger partial charge on any atom is 0.222 e. The van der Waals surface area contributed by atoms with Gasteiger partial charge in [-0.05, 0) is 37.0 Å². The Labute approximate surface area is 150 Å². The molecule has 1 aliphatic rings. The number of aliphatic imine (C=N–C) groups is 1. The van der Waals surface area contributed by atoms with E-state index in [1.54, 1.807) is 14.2 Å². The van der Waals surface area contributed by atoms with Crippen molar-refractivity contribution in [1.82, 2.24) is 15.5 Å². The normalized spacial score (nSPS) is 17.5. The maximum absolute atomic E-state index is 11.7. The lowest BCUT2D eigenvalue weighted by Gasteiger charge is -2.18. The molecule has 1 amide bonds. The summed E-state index contributed by atoms with van der Waals surface area (Å²) in [4.78, 5) is 18.0. The molecular formula is C19H30N4O2. The monoisotopic (exact) mass is 346 g/mol. The van der Waals surface area contributed by atoms with Crippen molar-refractivity contribution in [3.8, 4) is 5.75 Å². The standard InChI is InChI=1S/C19H30N4O2/c1-4-18(24)23-13-11-16(14-23)22-19(20-2)21-12-5-6-15-7-9-17(25-3)10-8-15/h7-10,16H,4-6,11-14H2,1-3H3,(H2,20,21,22). The molecule has 138 valence electrons. The average Bonchev–Trinajstić information content (AvgIpc) is 3.12. The summed E-state index contributed by atoms with van der Waals surface area (Å²) in [6, 6.07) is 8.47. The summed E-state index contributed by atoms with van der Waals surface area (Å²) in [7, 11) is 3.46. The third-order valence-electron chi connectivity index (χ3n) is 4.50. The van der Waals surface area contributed by atoms with Gasteiger partial charge in [0.05, 0.1) is 7.11 Å². The van der Waals surface area contributed by atoms with E-state index in [2.05, 4.69) is 27.8 Å². The predicted molar refractivity (Wildman–Crippen MR) is 101 cm³/mol. The summed E-state index contributed by atoms with van der Waals surface area (Å²) in [5, 5.41) is 6.77. The summed E-state index contributed by atoms with van der Waals surface area (Å²) < 4.78 is 5.17. The van der Waals surface area contributed by atoms with E-state index >= 15 is 0 Å². The first-order chi connectivity index (χ1) is 12.2. The molecule has 6 heteroatoms. The molecule has 1 atom stereocenters. The number of nitrogens with one attached hydrogen (secondary N) is 2. The number of benzene rings is 1. The van der Waals surface area contributed by atoms with Crippen LogP contribution in [0.2, 0.25) is 0 Å². The maximum atomic E-state index is 11.7. The zero-order valence-electron chi connectivity index (χ0n) is 15.5. The molecule has 25 heavy (non-hydrogen) atoms. The fourth-order valence-electron chi connectivity index (χ4n) is 3.01. The van der Waals surface area contributed by atoms with E-state index in [0.29, 0.717) is 6.42 Å². The Balaban J connectivity index is 1.67. The fraction of sp³-hybridized carbons (Fsp3) is 0.579. The van der Waals surface area contributed by atoms with Crippen molar-refractivity contribution in [3.63, 3.8) is 0 Å². The van der Waals surface area contributed by atoms with E-state index in [1.807, 2.05) is 24.0 Å². The highest BCUT2D eigenvalue weighted by Gasteiger charge is 2.25. The van der Waals surface area contributed by atoms with Crippen molar-refractivity contribution in [3.05, 3.63) is 29.8 Å². The minimum absolute atomic E-state index is 0.228. The first-order valence-corrected chi connectivity index (χ1v) is 9.04. The van der Waals surface area contributed by atoms with Gasteiger partial charge in [-0.25, -0.2) is 0 Å². The molecule has 0 spiro atoms. The molecule has 1 aromatic carbocycles. The number of rotatable bonds is 7. The van der Waals surface area contributed by atoms with Crippen molar-refractivity contribution in [1.29, 1.82) is 0 Å². The molecule has 1 saturated heterocycles. The second kappa shape index (κ2) is 9.91. The number of carbonyl (C=O) groups is 1. The molecule has 2 N–H and O–H groups in total. The summed E-state index contributed by atoms with van der Waals surface area (Å²) in [5.41, 5.74) is 1.30. The van der Waals surface area contributed by atoms with Gasteiger partial charge in [0.25, 0.3) is 0 Å². The topological polar surface area (TPSA) is 66.0 Å². The number of hydrogen-bond acceptors (Lipinski definition) is 3. The van der Waals surface area contributed by atoms with Crippen LogP contribution in [0.5, 0.6) is 5.75 Å². The molecule has 0 aromatic heterocycles. The van der Waals surface area contributed by atoms with E-state index in [-0.39, 0.29) is 11.9 Å². The highest BCUT2D eigenvalue weighted by molar-refractivity contribution is 5.80. The number of carbonyl (C=O) groups excluding carboxylic acids is 1. The Morgan fingerprint density at radius 2 is 2.12 bits per heavy atom. The zero-order valence-corrected chi connectivity index (χ0v) is 15.5. The first kappa shape index (κ1) is 19.1. The Morgan fingerprint density at radius 1 is 1.36 bits per heavy atom. The number of hydrogen-bond donors (Lipinski definition) is 2. The van der Waals surface area contributed by atoms with Gasteiger partial charge in [-0.1, -0.05) is 19.1 Å². The van der Waals surface area contributed by atoms with Crippen LogP contribution in [0.4, 0.5) is 0 Å². The molecule has 1 unspecified atom stereocenters. The molecule has 2 rings (SSSR count). The SMILES string of the molecule is CCC(=O)N1CCC(NC(=NC)NCCCc2ccc(OC)cc2)C1. The molecule has 0 bridgehead atoms. The summed E-state index contributed by atoms with van der Waals surface area (Å²) in [6.45, 7) is 4.36. The minimum atomic E-state index is 0.228. The molecule has 1 heterocycles. The van der Waals surface area contributed by atoms with Crippen LogP contribution in [0, 0.1) is 0 Å². The van der Waals surface area contributed by atoms with Crippen LogP contribution in [0.15, 0.2) is 29.3 Å². The molecule has 0 aliphatic carbocycles. The van der Waals surface area contributed by atoms with Gasteiger partial charge >= 0.3 is 0 Å². The number of nitrogens with zero attached hydrogens (tertiary/aromatic N) is 2. The van der Waals surface area contributed by atoms with Crippen LogP contribution in [0.25, 0.3) is 0 Å². The van der Waals surface area contributed by atoms with Crippen LogP contribution in [-0.4, -0.2) is 56.6 Å². The molecule has 1 aromatic rings. The Hall–Kier alpha value is -2.24. The van der Waals surface area contributed by atoms with E-state index in [9.17, 15) is 4.79 Å². The van der Waals surface area contributed by atoms with Crippen molar-refractivity contribution in [2.45, 2.75) is 38.6 Å². The number of amides is 1. The van der Waals surface area contributed by atoms with Crippen molar-refractivity contribution < 1.29 is 9.53 Å². The lowest BCUT2D eigenvalue weighted by molar-refractivity contribution is -0.129. The number of ether oxygens (including phenoxy) is 1. The second-order valence-corrected chi connectivity index (χ2v) is 6.27. The second-order valence-electron chi connectivity index (χ2n) is 6.27. The molecule has 6 nitrogen and oxygen atoms in total. The first-order valence-electron chi connectivity index (χ1n) is 9.04. The van der Waals surface area contributed by atoms with Gasteiger partial charge in [0.2, 0.25) is 5.91 Å². The number of likely N-dealkylation sites (tertiary alicyclic amines) is 1. The highest BCUT2D eigenvalue weighted by Crippen LogP contribution is 2.12. The smallest absolute Gasteiger partial charge is 0.222 e. The quantitative estimate of drug-likeness (QED) is 0.449. The Bertz CT molecular complexity index is 571. The van der Waals surface area contributed by atoms with E-state index in [4.69, 9.17) is 4.74 Å². The van der Waals surface area contributed by atoms with Gasteiger partial charge in [0, 0.05) is 39.1 Å². The molecule has 0 radical (unpaired) electrons. The van der Waals surface area contributed by atoms with Crippen LogP contribution < -0.4 is 15.4 Å². The van der Waals surface area contributed by atoms with Gasteiger partial charge in [-0.3, -0.25) is 9.79 Å². The summed E-state index contributed by atoms with van der Waals surface area (Å²) in [5.74, 6) is 1.93. The lowest BCUT2D eigenvalue weighted by Crippen LogP contribution is -2.45. The number of aryl methyl sites for hydroxylation is 1. The Kier molecular flexibility index (Phi) is 7.57. The van der Waals surface area contributed by atoms with E-state index < -0.39 is 0 Å². The molecule has 0 saturated carbocycles. The van der Waals surface area contributed by atoms with Crippen molar-refractivity contribution >= 4 is 11.9 Å². The van der Waals surface area contributed by atoms with Crippen LogP contribution in [0.3, 0.4) is 0 Å². The Morgan fingerprint density at radius 3 is 2.76 bits per heavy atom. The molecular weight excluding hydrogens is 316 g/mol.